The largest absolute Gasteiger partial charge is 0.365 e. The summed E-state index contributed by atoms with van der Waals surface area (Å²) in [6, 6.07) is 9.42. The molecule has 1 saturated carbocycles. The van der Waals surface area contributed by atoms with E-state index in [1.54, 1.807) is 0 Å². The number of hydrogen-bond donors (Lipinski definition) is 1. The van der Waals surface area contributed by atoms with Crippen molar-refractivity contribution in [2.24, 2.45) is 5.73 Å². The molecule has 2 heteroatoms. The highest BCUT2D eigenvalue weighted by Gasteiger charge is 2.28. The van der Waals surface area contributed by atoms with Crippen molar-refractivity contribution < 1.29 is 0 Å². The fraction of sp³-hybridized carbons (Fsp3) is 0.429. The van der Waals surface area contributed by atoms with Gasteiger partial charge in [-0.05, 0) is 37.5 Å². The van der Waals surface area contributed by atoms with E-state index in [2.05, 4.69) is 35.7 Å². The highest BCUT2D eigenvalue weighted by molar-refractivity contribution is 5.50. The molecular formula is C14H20N2. The minimum Gasteiger partial charge on any atom is -0.365 e. The molecule has 0 aliphatic heterocycles. The summed E-state index contributed by atoms with van der Waals surface area (Å²) in [7, 11) is 0. The first kappa shape index (κ1) is 11.2. The maximum atomic E-state index is 5.84. The molecule has 0 aromatic heterocycles. The Labute approximate surface area is 97.8 Å². The van der Waals surface area contributed by atoms with Crippen molar-refractivity contribution >= 4 is 5.69 Å². The van der Waals surface area contributed by atoms with Crippen LogP contribution >= 0.6 is 0 Å². The van der Waals surface area contributed by atoms with Gasteiger partial charge in [0.1, 0.15) is 0 Å². The predicted molar refractivity (Wildman–Crippen MR) is 69.6 cm³/mol. The summed E-state index contributed by atoms with van der Waals surface area (Å²) >= 11 is 0. The summed E-state index contributed by atoms with van der Waals surface area (Å²) in [6.45, 7) is 6.76. The second-order valence-corrected chi connectivity index (χ2v) is 4.55. The summed E-state index contributed by atoms with van der Waals surface area (Å²) in [4.78, 5) is 2.41. The lowest BCUT2D eigenvalue weighted by molar-refractivity contribution is 0.815. The van der Waals surface area contributed by atoms with E-state index in [1.807, 2.05) is 13.0 Å². The van der Waals surface area contributed by atoms with E-state index in [0.717, 1.165) is 12.6 Å². The van der Waals surface area contributed by atoms with Gasteiger partial charge in [-0.2, -0.15) is 0 Å². The lowest BCUT2D eigenvalue weighted by atomic mass is 10.1. The number of nitrogens with zero attached hydrogens (tertiary/aromatic N) is 1. The van der Waals surface area contributed by atoms with E-state index in [4.69, 9.17) is 5.73 Å². The minimum atomic E-state index is 0.114. The van der Waals surface area contributed by atoms with E-state index >= 15 is 0 Å². The quantitative estimate of drug-likeness (QED) is 0.767. The zero-order valence-corrected chi connectivity index (χ0v) is 9.89. The molecule has 0 heterocycles. The fourth-order valence-corrected chi connectivity index (χ4v) is 1.96. The third kappa shape index (κ3) is 2.45. The Balaban J connectivity index is 2.14. The molecule has 0 amide bonds. The molecular weight excluding hydrogens is 196 g/mol. The van der Waals surface area contributed by atoms with Gasteiger partial charge in [0.05, 0.1) is 0 Å². The summed E-state index contributed by atoms with van der Waals surface area (Å²) in [5.74, 6) is 0. The van der Waals surface area contributed by atoms with Gasteiger partial charge in [0.2, 0.25) is 0 Å². The second-order valence-electron chi connectivity index (χ2n) is 4.55. The van der Waals surface area contributed by atoms with Crippen LogP contribution in [0.5, 0.6) is 0 Å². The maximum Gasteiger partial charge on any atom is 0.0371 e. The Bertz CT molecular complexity index is 350. The molecule has 86 valence electrons. The van der Waals surface area contributed by atoms with Crippen LogP contribution in [-0.2, 0) is 0 Å². The van der Waals surface area contributed by atoms with Crippen LogP contribution in [0.15, 0.2) is 36.9 Å². The van der Waals surface area contributed by atoms with Crippen LogP contribution < -0.4 is 10.6 Å². The Morgan fingerprint density at radius 1 is 1.44 bits per heavy atom. The third-order valence-corrected chi connectivity index (χ3v) is 3.06. The summed E-state index contributed by atoms with van der Waals surface area (Å²) < 4.78 is 0. The summed E-state index contributed by atoms with van der Waals surface area (Å²) in [5.41, 5.74) is 8.32. The molecule has 2 nitrogen and oxygen atoms in total. The number of hydrogen-bond acceptors (Lipinski definition) is 2. The average molecular weight is 216 g/mol. The predicted octanol–water partition coefficient (Wildman–Crippen LogP) is 2.86. The monoisotopic (exact) mass is 216 g/mol. The van der Waals surface area contributed by atoms with Crippen molar-refractivity contribution in [2.75, 3.05) is 11.4 Å². The molecule has 1 aromatic rings. The van der Waals surface area contributed by atoms with Crippen LogP contribution in [0.4, 0.5) is 5.69 Å². The zero-order chi connectivity index (χ0) is 11.5. The zero-order valence-electron chi connectivity index (χ0n) is 9.89. The second kappa shape index (κ2) is 4.71. The van der Waals surface area contributed by atoms with Crippen LogP contribution in [0, 0.1) is 0 Å². The number of nitrogens with two attached hydrogens (primary N) is 1. The van der Waals surface area contributed by atoms with E-state index in [-0.39, 0.29) is 6.04 Å². The van der Waals surface area contributed by atoms with Gasteiger partial charge in [-0.1, -0.05) is 18.2 Å². The highest BCUT2D eigenvalue weighted by Crippen LogP contribution is 2.31. The van der Waals surface area contributed by atoms with Crippen molar-refractivity contribution in [1.82, 2.24) is 0 Å². The van der Waals surface area contributed by atoms with Gasteiger partial charge < -0.3 is 10.6 Å². The maximum absolute atomic E-state index is 5.84. The SMILES string of the molecule is C=CCN(c1ccc(C(C)N)cc1)C1CC1. The molecule has 16 heavy (non-hydrogen) atoms. The van der Waals surface area contributed by atoms with Gasteiger partial charge in [-0.15, -0.1) is 6.58 Å². The first-order valence-corrected chi connectivity index (χ1v) is 5.95. The van der Waals surface area contributed by atoms with Crippen LogP contribution in [-0.4, -0.2) is 12.6 Å². The molecule has 1 fully saturated rings. The Morgan fingerprint density at radius 2 is 2.06 bits per heavy atom. The Kier molecular flexibility index (Phi) is 3.30. The van der Waals surface area contributed by atoms with Gasteiger partial charge in [0.15, 0.2) is 0 Å². The first-order valence-electron chi connectivity index (χ1n) is 5.95. The van der Waals surface area contributed by atoms with Crippen LogP contribution in [0.1, 0.15) is 31.4 Å². The first-order chi connectivity index (χ1) is 7.72. The number of benzene rings is 1. The normalized spacial score (nSPS) is 16.9. The summed E-state index contributed by atoms with van der Waals surface area (Å²) in [5, 5.41) is 0. The third-order valence-electron chi connectivity index (χ3n) is 3.06. The molecule has 0 radical (unpaired) electrons. The molecule has 1 aromatic carbocycles. The van der Waals surface area contributed by atoms with Crippen LogP contribution in [0.2, 0.25) is 0 Å². The fourth-order valence-electron chi connectivity index (χ4n) is 1.96. The highest BCUT2D eigenvalue weighted by atomic mass is 15.2. The Hall–Kier alpha value is -1.28. The lowest BCUT2D eigenvalue weighted by Gasteiger charge is -2.23. The van der Waals surface area contributed by atoms with E-state index in [1.165, 1.54) is 24.1 Å². The topological polar surface area (TPSA) is 29.3 Å². The standard InChI is InChI=1S/C14H20N2/c1-3-10-16(14-8-9-14)13-6-4-12(5-7-13)11(2)15/h3-7,11,14H,1,8-10,15H2,2H3. The van der Waals surface area contributed by atoms with Gasteiger partial charge in [-0.25, -0.2) is 0 Å². The molecule has 0 spiro atoms. The minimum absolute atomic E-state index is 0.114. The molecule has 1 aliphatic carbocycles. The van der Waals surface area contributed by atoms with E-state index in [0.29, 0.717) is 0 Å². The van der Waals surface area contributed by atoms with Crippen molar-refractivity contribution in [3.8, 4) is 0 Å². The van der Waals surface area contributed by atoms with Gasteiger partial charge in [0, 0.05) is 24.3 Å². The molecule has 2 rings (SSSR count). The molecule has 0 bridgehead atoms. The number of anilines is 1. The van der Waals surface area contributed by atoms with Gasteiger partial charge >= 0.3 is 0 Å². The molecule has 0 saturated heterocycles. The van der Waals surface area contributed by atoms with Crippen molar-refractivity contribution in [1.29, 1.82) is 0 Å². The van der Waals surface area contributed by atoms with Crippen LogP contribution in [0.25, 0.3) is 0 Å². The molecule has 2 N–H and O–H groups in total. The lowest BCUT2D eigenvalue weighted by Crippen LogP contribution is -2.25. The molecule has 1 atom stereocenters. The van der Waals surface area contributed by atoms with Crippen LogP contribution in [0.3, 0.4) is 0 Å². The van der Waals surface area contributed by atoms with Gasteiger partial charge in [-0.3, -0.25) is 0 Å². The van der Waals surface area contributed by atoms with Crippen molar-refractivity contribution in [2.45, 2.75) is 31.8 Å². The Morgan fingerprint density at radius 3 is 2.50 bits per heavy atom. The smallest absolute Gasteiger partial charge is 0.0371 e. The average Bonchev–Trinajstić information content (AvgIpc) is 3.10. The van der Waals surface area contributed by atoms with Crippen molar-refractivity contribution in [3.63, 3.8) is 0 Å². The molecule has 1 aliphatic rings. The number of rotatable bonds is 5. The molecule has 1 unspecified atom stereocenters. The van der Waals surface area contributed by atoms with E-state index < -0.39 is 0 Å². The van der Waals surface area contributed by atoms with Gasteiger partial charge in [0.25, 0.3) is 0 Å². The summed E-state index contributed by atoms with van der Waals surface area (Å²) in [6.07, 6.45) is 4.59. The van der Waals surface area contributed by atoms with E-state index in [9.17, 15) is 0 Å². The van der Waals surface area contributed by atoms with Crippen molar-refractivity contribution in [3.05, 3.63) is 42.5 Å².